The van der Waals surface area contributed by atoms with Crippen molar-refractivity contribution in [3.63, 3.8) is 0 Å². The van der Waals surface area contributed by atoms with Crippen LogP contribution in [-0.4, -0.2) is 98.5 Å². The fourth-order valence-corrected chi connectivity index (χ4v) is 4.92. The maximum atomic E-state index is 13.2. The minimum absolute atomic E-state index is 0.0212. The van der Waals surface area contributed by atoms with E-state index in [1.54, 1.807) is 12.1 Å². The molecule has 5 rings (SSSR count). The molecule has 0 amide bonds. The average molecular weight is 563 g/mol. The lowest BCUT2D eigenvalue weighted by molar-refractivity contribution is -0.268. The van der Waals surface area contributed by atoms with Gasteiger partial charge in [-0.05, 0) is 31.2 Å². The van der Waals surface area contributed by atoms with Crippen molar-refractivity contribution in [3.8, 4) is 28.6 Å². The van der Waals surface area contributed by atoms with Crippen molar-refractivity contribution in [1.29, 1.82) is 0 Å². The molecule has 7 N–H and O–H groups in total. The molecule has 13 heteroatoms. The first-order chi connectivity index (χ1) is 19.0. The normalized spacial score (nSPS) is 32.6. The van der Waals surface area contributed by atoms with E-state index < -0.39 is 66.3 Å². The molecule has 0 spiro atoms. The highest BCUT2D eigenvalue weighted by Gasteiger charge is 2.43. The van der Waals surface area contributed by atoms with Crippen LogP contribution in [0.25, 0.3) is 22.3 Å². The van der Waals surface area contributed by atoms with Crippen molar-refractivity contribution < 1.29 is 59.1 Å². The van der Waals surface area contributed by atoms with E-state index in [2.05, 4.69) is 0 Å². The van der Waals surface area contributed by atoms with Crippen molar-refractivity contribution in [2.45, 2.75) is 62.0 Å². The van der Waals surface area contributed by atoms with Crippen molar-refractivity contribution in [3.05, 3.63) is 52.2 Å². The van der Waals surface area contributed by atoms with Crippen LogP contribution in [0.5, 0.6) is 17.2 Å². The van der Waals surface area contributed by atoms with Gasteiger partial charge < -0.3 is 59.1 Å². The molecular weight excluding hydrogens is 532 g/mol. The Morgan fingerprint density at radius 1 is 0.900 bits per heavy atom. The molecule has 40 heavy (non-hydrogen) atoms. The second-order valence-electron chi connectivity index (χ2n) is 9.82. The smallest absolute Gasteiger partial charge is 0.229 e. The van der Waals surface area contributed by atoms with Gasteiger partial charge in [-0.15, -0.1) is 0 Å². The second kappa shape index (κ2) is 11.0. The molecule has 1 aromatic heterocycles. The summed E-state index contributed by atoms with van der Waals surface area (Å²) in [6, 6.07) is 8.60. The molecule has 2 aromatic carbocycles. The Hall–Kier alpha value is -3.27. The highest BCUT2D eigenvalue weighted by molar-refractivity contribution is 5.88. The fraction of sp³-hybridized carbons (Fsp3) is 0.444. The lowest BCUT2D eigenvalue weighted by Crippen LogP contribution is -2.58. The Bertz CT molecular complexity index is 1420. The van der Waals surface area contributed by atoms with E-state index in [1.807, 2.05) is 0 Å². The summed E-state index contributed by atoms with van der Waals surface area (Å²) in [6.07, 6.45) is -11.9. The molecule has 0 radical (unpaired) electrons. The Morgan fingerprint density at radius 3 is 2.27 bits per heavy atom. The van der Waals surface area contributed by atoms with Crippen molar-refractivity contribution in [2.75, 3.05) is 13.7 Å². The van der Waals surface area contributed by atoms with Crippen LogP contribution in [0, 0.1) is 0 Å². The zero-order valence-corrected chi connectivity index (χ0v) is 21.4. The number of phenolic OH excluding ortho intramolecular Hbond substituents is 1. The molecule has 2 saturated heterocycles. The van der Waals surface area contributed by atoms with E-state index >= 15 is 0 Å². The van der Waals surface area contributed by atoms with Crippen molar-refractivity contribution >= 4 is 11.0 Å². The van der Waals surface area contributed by atoms with Crippen molar-refractivity contribution in [1.82, 2.24) is 0 Å². The number of benzene rings is 2. The summed E-state index contributed by atoms with van der Waals surface area (Å²) in [5.74, 6) is -0.117. The Balaban J connectivity index is 1.45. The fourth-order valence-electron chi connectivity index (χ4n) is 4.92. The van der Waals surface area contributed by atoms with E-state index in [0.29, 0.717) is 5.56 Å². The molecular formula is C27H30O13. The molecule has 2 fully saturated rings. The molecule has 0 saturated carbocycles. The molecule has 216 valence electrons. The van der Waals surface area contributed by atoms with E-state index in [1.165, 1.54) is 38.3 Å². The number of fused-ring (bicyclic) bond motifs is 1. The summed E-state index contributed by atoms with van der Waals surface area (Å²) in [4.78, 5) is 13.2. The van der Waals surface area contributed by atoms with Crippen LogP contribution in [0.2, 0.25) is 0 Å². The van der Waals surface area contributed by atoms with Crippen LogP contribution in [-0.2, 0) is 9.47 Å². The van der Waals surface area contributed by atoms with Gasteiger partial charge >= 0.3 is 0 Å². The number of phenols is 1. The van der Waals surface area contributed by atoms with E-state index in [0.717, 1.165) is 0 Å². The zero-order valence-electron chi connectivity index (χ0n) is 21.4. The number of hydrogen-bond acceptors (Lipinski definition) is 13. The molecule has 2 aliphatic heterocycles. The van der Waals surface area contributed by atoms with Gasteiger partial charge in [0.15, 0.2) is 5.43 Å². The van der Waals surface area contributed by atoms with Crippen LogP contribution < -0.4 is 14.9 Å². The maximum Gasteiger partial charge on any atom is 0.229 e. The molecule has 13 nitrogen and oxygen atoms in total. The van der Waals surface area contributed by atoms with Gasteiger partial charge in [-0.3, -0.25) is 4.79 Å². The first-order valence-electron chi connectivity index (χ1n) is 12.5. The standard InChI is InChI=1S/C27H30O13/c1-10-20(31)22(33)24(35)27(38-10)39-12-5-3-11(4-6-12)16-7-13(28)18-17(40-16)8-14(29)19(25(18)36-2)26-23(34)21(32)15(30)9-37-26/h3-8,10,15,20-24,26-27,29-35H,9H2,1-2H3/t10-,15+,20+,21+,22-,23+,24-,26-,27-/m0/s1. The van der Waals surface area contributed by atoms with Crippen LogP contribution in [0.3, 0.4) is 0 Å². The number of methoxy groups -OCH3 is 1. The number of rotatable bonds is 5. The van der Waals surface area contributed by atoms with Gasteiger partial charge in [-0.25, -0.2) is 0 Å². The first kappa shape index (κ1) is 28.3. The number of aromatic hydroxyl groups is 1. The quantitative estimate of drug-likeness (QED) is 0.210. The lowest BCUT2D eigenvalue weighted by Gasteiger charge is -2.38. The summed E-state index contributed by atoms with van der Waals surface area (Å²) in [6.45, 7) is 1.22. The number of ether oxygens (including phenoxy) is 4. The van der Waals surface area contributed by atoms with Gasteiger partial charge in [-0.1, -0.05) is 0 Å². The number of aliphatic hydroxyl groups excluding tert-OH is 6. The second-order valence-corrected chi connectivity index (χ2v) is 9.82. The van der Waals surface area contributed by atoms with Crippen LogP contribution in [0.15, 0.2) is 45.6 Å². The largest absolute Gasteiger partial charge is 0.507 e. The summed E-state index contributed by atoms with van der Waals surface area (Å²) < 4.78 is 27.8. The highest BCUT2D eigenvalue weighted by atomic mass is 16.7. The Morgan fingerprint density at radius 2 is 1.60 bits per heavy atom. The average Bonchev–Trinajstić information content (AvgIpc) is 2.93. The third-order valence-electron chi connectivity index (χ3n) is 7.18. The maximum absolute atomic E-state index is 13.2. The molecule has 3 aromatic rings. The summed E-state index contributed by atoms with van der Waals surface area (Å²) in [5, 5.41) is 71.1. The Kier molecular flexibility index (Phi) is 7.74. The summed E-state index contributed by atoms with van der Waals surface area (Å²) in [5.41, 5.74) is -0.159. The topological polar surface area (TPSA) is 209 Å². The molecule has 0 bridgehead atoms. The predicted octanol–water partition coefficient (Wildman–Crippen LogP) is -0.466. The van der Waals surface area contributed by atoms with E-state index in [9.17, 15) is 40.5 Å². The minimum atomic E-state index is -1.61. The van der Waals surface area contributed by atoms with Gasteiger partial charge in [0, 0.05) is 17.7 Å². The molecule has 3 heterocycles. The molecule has 0 unspecified atom stereocenters. The van der Waals surface area contributed by atoms with Crippen LogP contribution >= 0.6 is 0 Å². The monoisotopic (exact) mass is 562 g/mol. The van der Waals surface area contributed by atoms with Gasteiger partial charge in [0.05, 0.1) is 25.4 Å². The van der Waals surface area contributed by atoms with E-state index in [4.69, 9.17) is 23.4 Å². The third-order valence-corrected chi connectivity index (χ3v) is 7.18. The predicted molar refractivity (Wildman–Crippen MR) is 136 cm³/mol. The molecule has 2 aliphatic rings. The van der Waals surface area contributed by atoms with Crippen molar-refractivity contribution in [2.24, 2.45) is 0 Å². The zero-order chi connectivity index (χ0) is 28.9. The van der Waals surface area contributed by atoms with E-state index in [-0.39, 0.29) is 40.4 Å². The number of aliphatic hydroxyl groups is 6. The summed E-state index contributed by atoms with van der Waals surface area (Å²) >= 11 is 0. The summed E-state index contributed by atoms with van der Waals surface area (Å²) in [7, 11) is 1.26. The van der Waals surface area contributed by atoms with Gasteiger partial charge in [0.2, 0.25) is 6.29 Å². The highest BCUT2D eigenvalue weighted by Crippen LogP contribution is 2.44. The molecule has 9 atom stereocenters. The van der Waals surface area contributed by atoms with Crippen LogP contribution in [0.4, 0.5) is 0 Å². The SMILES string of the molecule is COc1c([C@@H]2OC[C@@H](O)[C@@H](O)[C@H]2O)c(O)cc2oc(-c3ccc(O[C@@H]4O[C@@H](C)[C@@H](O)[C@H](O)[C@@H]4O)cc3)cc(=O)c12. The van der Waals surface area contributed by atoms with Gasteiger partial charge in [0.25, 0.3) is 0 Å². The first-order valence-corrected chi connectivity index (χ1v) is 12.5. The van der Waals surface area contributed by atoms with Gasteiger partial charge in [-0.2, -0.15) is 0 Å². The Labute approximate surface area is 227 Å². The molecule has 0 aliphatic carbocycles. The minimum Gasteiger partial charge on any atom is -0.507 e. The van der Waals surface area contributed by atoms with Crippen LogP contribution in [0.1, 0.15) is 18.6 Å². The number of hydrogen-bond donors (Lipinski definition) is 7. The lowest BCUT2D eigenvalue weighted by atomic mass is 9.92. The third kappa shape index (κ3) is 4.91. The van der Waals surface area contributed by atoms with Gasteiger partial charge in [0.1, 0.15) is 76.7 Å².